The Labute approximate surface area is 282 Å². The normalized spacial score (nSPS) is 13.9. The first kappa shape index (κ1) is 41.2. The minimum atomic E-state index is -5.04. The first-order chi connectivity index (χ1) is 22.2. The van der Waals surface area contributed by atoms with Crippen molar-refractivity contribution in [1.29, 1.82) is 0 Å². The number of ether oxygens (including phenoxy) is 1. The number of halogens is 10. The molecule has 18 heteroatoms. The molecule has 1 heterocycles. The van der Waals surface area contributed by atoms with Crippen LogP contribution in [0.4, 0.5) is 55.8 Å². The van der Waals surface area contributed by atoms with Crippen molar-refractivity contribution in [3.63, 3.8) is 0 Å². The van der Waals surface area contributed by atoms with Gasteiger partial charge in [0.25, 0.3) is 0 Å². The molecule has 4 rings (SSSR count). The van der Waals surface area contributed by atoms with Crippen molar-refractivity contribution in [3.8, 4) is 5.75 Å². The molecule has 0 aliphatic heterocycles. The highest BCUT2D eigenvalue weighted by molar-refractivity contribution is 5.85. The van der Waals surface area contributed by atoms with Crippen LogP contribution in [-0.2, 0) is 32.5 Å². The third kappa shape index (κ3) is 13.1. The number of rotatable bonds is 10. The molecule has 1 aliphatic carbocycles. The summed E-state index contributed by atoms with van der Waals surface area (Å²) in [5.74, 6) is 0.0895. The molecule has 2 N–H and O–H groups in total. The van der Waals surface area contributed by atoms with Gasteiger partial charge in [-0.2, -0.15) is 31.4 Å². The first-order valence-electron chi connectivity index (χ1n) is 14.8. The molecule has 1 saturated carbocycles. The highest BCUT2D eigenvalue weighted by Gasteiger charge is 2.37. The van der Waals surface area contributed by atoms with Crippen molar-refractivity contribution in [1.82, 2.24) is 9.78 Å². The number of benzene rings is 2. The summed E-state index contributed by atoms with van der Waals surface area (Å²) >= 11 is 0. The minimum Gasteiger partial charge on any atom is -0.450 e. The third-order valence-corrected chi connectivity index (χ3v) is 7.62. The predicted molar refractivity (Wildman–Crippen MR) is 165 cm³/mol. The summed E-state index contributed by atoms with van der Waals surface area (Å²) in [6, 6.07) is 6.75. The van der Waals surface area contributed by atoms with Crippen LogP contribution in [0.1, 0.15) is 61.3 Å². The standard InChI is InChI=1S/C30H33F9N4O.CH2O3.ClH/c1-3-42(17-20-7-5-4-6-8-20)26-10-9-25(44-30(37,38)39)15-22(26)19-43(27-11-12-41(2)40-27)18-21-13-23(28(31,32)33)16-24(14-21)29(34,35)36;2-1(3)4;/h9-16,20H,3-8,17-19H2,1-2H3;(H2,2,3,4);1H. The lowest BCUT2D eigenvalue weighted by atomic mass is 9.88. The van der Waals surface area contributed by atoms with E-state index in [0.29, 0.717) is 42.4 Å². The maximum Gasteiger partial charge on any atom is 0.573 e. The van der Waals surface area contributed by atoms with Gasteiger partial charge in [0.2, 0.25) is 0 Å². The van der Waals surface area contributed by atoms with Gasteiger partial charge in [0.15, 0.2) is 5.82 Å². The summed E-state index contributed by atoms with van der Waals surface area (Å²) in [5, 5.41) is 18.2. The lowest BCUT2D eigenvalue weighted by Crippen LogP contribution is -2.32. The molecule has 3 aromatic rings. The minimum absolute atomic E-state index is 0. The molecule has 274 valence electrons. The molecular formula is C31H36ClF9N4O4. The van der Waals surface area contributed by atoms with Gasteiger partial charge in [0.05, 0.1) is 11.1 Å². The molecule has 1 aromatic heterocycles. The molecule has 8 nitrogen and oxygen atoms in total. The lowest BCUT2D eigenvalue weighted by Gasteiger charge is -2.33. The number of hydrogen-bond donors (Lipinski definition) is 2. The van der Waals surface area contributed by atoms with Crippen LogP contribution in [0.25, 0.3) is 0 Å². The number of carboxylic acid groups (broad SMARTS) is 2. The summed E-state index contributed by atoms with van der Waals surface area (Å²) in [4.78, 5) is 12.0. The molecule has 1 aliphatic rings. The van der Waals surface area contributed by atoms with E-state index in [-0.39, 0.29) is 36.4 Å². The van der Waals surface area contributed by atoms with E-state index in [1.807, 2.05) is 11.8 Å². The Morgan fingerprint density at radius 3 is 1.92 bits per heavy atom. The van der Waals surface area contributed by atoms with E-state index in [1.54, 1.807) is 13.2 Å². The highest BCUT2D eigenvalue weighted by atomic mass is 35.5. The summed E-state index contributed by atoms with van der Waals surface area (Å²) in [6.45, 7) is 2.46. The van der Waals surface area contributed by atoms with E-state index in [4.69, 9.17) is 15.0 Å². The van der Waals surface area contributed by atoms with Gasteiger partial charge in [-0.05, 0) is 73.2 Å². The van der Waals surface area contributed by atoms with Gasteiger partial charge in [0, 0.05) is 51.2 Å². The number of anilines is 2. The van der Waals surface area contributed by atoms with Crippen molar-refractivity contribution in [2.75, 3.05) is 22.9 Å². The van der Waals surface area contributed by atoms with E-state index >= 15 is 0 Å². The van der Waals surface area contributed by atoms with Crippen molar-refractivity contribution in [3.05, 3.63) is 70.9 Å². The quantitative estimate of drug-likeness (QED) is 0.201. The van der Waals surface area contributed by atoms with Crippen LogP contribution in [0.5, 0.6) is 5.75 Å². The Hall–Kier alpha value is -4.02. The number of hydrogen-bond acceptors (Lipinski definition) is 5. The summed E-state index contributed by atoms with van der Waals surface area (Å²) in [6.07, 6.45) is -10.0. The van der Waals surface area contributed by atoms with Crippen LogP contribution in [0.2, 0.25) is 0 Å². The Bertz CT molecular complexity index is 1470. The summed E-state index contributed by atoms with van der Waals surface area (Å²) in [5.41, 5.74) is -2.29. The number of aromatic nitrogens is 2. The topological polar surface area (TPSA) is 91.1 Å². The van der Waals surface area contributed by atoms with E-state index in [0.717, 1.165) is 32.1 Å². The van der Waals surface area contributed by atoms with Crippen LogP contribution in [0.15, 0.2) is 48.7 Å². The van der Waals surface area contributed by atoms with Crippen LogP contribution in [0.3, 0.4) is 0 Å². The summed E-state index contributed by atoms with van der Waals surface area (Å²) < 4.78 is 127. The number of carbonyl (C=O) groups is 1. The Kier molecular flexibility index (Phi) is 14.3. The maximum atomic E-state index is 13.6. The molecule has 0 atom stereocenters. The molecule has 49 heavy (non-hydrogen) atoms. The maximum absolute atomic E-state index is 13.6. The Balaban J connectivity index is 0.00000158. The molecule has 0 saturated heterocycles. The smallest absolute Gasteiger partial charge is 0.450 e. The molecular weight excluding hydrogens is 699 g/mol. The Morgan fingerprint density at radius 2 is 1.45 bits per heavy atom. The molecule has 2 aromatic carbocycles. The molecule has 0 radical (unpaired) electrons. The van der Waals surface area contributed by atoms with Crippen LogP contribution in [0, 0.1) is 5.92 Å². The van der Waals surface area contributed by atoms with Gasteiger partial charge >= 0.3 is 24.9 Å². The van der Waals surface area contributed by atoms with Crippen LogP contribution in [-0.4, -0.2) is 45.6 Å². The average Bonchev–Trinajstić information content (AvgIpc) is 3.40. The van der Waals surface area contributed by atoms with Crippen LogP contribution >= 0.6 is 12.4 Å². The van der Waals surface area contributed by atoms with Crippen molar-refractivity contribution in [2.45, 2.75) is 70.8 Å². The fourth-order valence-corrected chi connectivity index (χ4v) is 5.60. The largest absolute Gasteiger partial charge is 0.573 e. The van der Waals surface area contributed by atoms with E-state index in [9.17, 15) is 39.5 Å². The molecule has 0 bridgehead atoms. The molecule has 1 fully saturated rings. The fraction of sp³-hybridized carbons (Fsp3) is 0.484. The zero-order chi connectivity index (χ0) is 35.9. The number of aryl methyl sites for hydroxylation is 1. The average molecular weight is 735 g/mol. The SMILES string of the molecule is CCN(CC1CCCCC1)c1ccc(OC(F)(F)F)cc1CN(Cc1cc(C(F)(F)F)cc(C(F)(F)F)c1)c1ccn(C)n1.Cl.O=C(O)O. The predicted octanol–water partition coefficient (Wildman–Crippen LogP) is 9.61. The third-order valence-electron chi connectivity index (χ3n) is 7.62. The summed E-state index contributed by atoms with van der Waals surface area (Å²) in [7, 11) is 1.58. The second-order valence-corrected chi connectivity index (χ2v) is 11.3. The monoisotopic (exact) mass is 734 g/mol. The van der Waals surface area contributed by atoms with Gasteiger partial charge in [-0.1, -0.05) is 19.3 Å². The highest BCUT2D eigenvalue weighted by Crippen LogP contribution is 2.38. The Morgan fingerprint density at radius 1 is 0.878 bits per heavy atom. The van der Waals surface area contributed by atoms with Crippen molar-refractivity contribution >= 4 is 30.1 Å². The van der Waals surface area contributed by atoms with Gasteiger partial charge in [-0.3, -0.25) is 4.68 Å². The molecule has 0 amide bonds. The van der Waals surface area contributed by atoms with E-state index in [2.05, 4.69) is 9.84 Å². The lowest BCUT2D eigenvalue weighted by molar-refractivity contribution is -0.274. The molecule has 0 spiro atoms. The zero-order valence-electron chi connectivity index (χ0n) is 26.4. The van der Waals surface area contributed by atoms with Crippen LogP contribution < -0.4 is 14.5 Å². The zero-order valence-corrected chi connectivity index (χ0v) is 27.2. The second kappa shape index (κ2) is 17.1. The van der Waals surface area contributed by atoms with Gasteiger partial charge in [-0.25, -0.2) is 4.79 Å². The van der Waals surface area contributed by atoms with Gasteiger partial charge in [-0.15, -0.1) is 25.6 Å². The first-order valence-corrected chi connectivity index (χ1v) is 14.8. The van der Waals surface area contributed by atoms with E-state index < -0.39 is 48.3 Å². The van der Waals surface area contributed by atoms with E-state index in [1.165, 1.54) is 33.8 Å². The second-order valence-electron chi connectivity index (χ2n) is 11.3. The molecule has 0 unspecified atom stereocenters. The van der Waals surface area contributed by atoms with Gasteiger partial charge in [0.1, 0.15) is 5.75 Å². The number of alkyl halides is 9. The van der Waals surface area contributed by atoms with Gasteiger partial charge < -0.3 is 24.7 Å². The number of nitrogens with zero attached hydrogens (tertiary/aromatic N) is 4. The van der Waals surface area contributed by atoms with Crippen molar-refractivity contribution in [2.24, 2.45) is 13.0 Å². The van der Waals surface area contributed by atoms with Crippen molar-refractivity contribution < 1.29 is 59.3 Å². The fourth-order valence-electron chi connectivity index (χ4n) is 5.60.